The minimum absolute atomic E-state index is 0.205. The summed E-state index contributed by atoms with van der Waals surface area (Å²) in [4.78, 5) is 14.2. The molecule has 0 radical (unpaired) electrons. The van der Waals surface area contributed by atoms with Crippen LogP contribution in [-0.2, 0) is 4.79 Å². The van der Waals surface area contributed by atoms with Crippen LogP contribution >= 0.6 is 0 Å². The normalized spacial score (nSPS) is 25.4. The number of likely N-dealkylation sites (tertiary alicyclic amines) is 1. The van der Waals surface area contributed by atoms with Crippen molar-refractivity contribution in [3.05, 3.63) is 24.3 Å². The van der Waals surface area contributed by atoms with E-state index in [1.54, 1.807) is 0 Å². The monoisotopic (exact) mass is 289 g/mol. The molecule has 1 aromatic rings. The van der Waals surface area contributed by atoms with Crippen molar-refractivity contribution in [1.82, 2.24) is 10.2 Å². The number of piperidine rings is 1. The maximum atomic E-state index is 11.7. The van der Waals surface area contributed by atoms with Gasteiger partial charge in [0.15, 0.2) is 0 Å². The van der Waals surface area contributed by atoms with Gasteiger partial charge in [-0.2, -0.15) is 0 Å². The molecule has 2 fully saturated rings. The van der Waals surface area contributed by atoms with Gasteiger partial charge >= 0.3 is 0 Å². The van der Waals surface area contributed by atoms with Crippen molar-refractivity contribution in [1.29, 1.82) is 0 Å². The number of carbonyl (C=O) groups is 1. The van der Waals surface area contributed by atoms with E-state index < -0.39 is 0 Å². The number of benzene rings is 1. The van der Waals surface area contributed by atoms with Gasteiger partial charge in [-0.25, -0.2) is 0 Å². The molecule has 0 aliphatic carbocycles. The quantitative estimate of drug-likeness (QED) is 0.632. The van der Waals surface area contributed by atoms with Crippen molar-refractivity contribution in [3.63, 3.8) is 0 Å². The largest absolute Gasteiger partial charge is 0.494 e. The van der Waals surface area contributed by atoms with Crippen LogP contribution in [-0.4, -0.2) is 43.1 Å². The zero-order valence-corrected chi connectivity index (χ0v) is 12.3. The standard InChI is InChI=1S/C16H23N3O2/c17-12-4-6-13(7-5-12)21-10-2-9-19-8-1-3-14-15(19)11-18-16(14)20/h4-7,14-15H,1-3,8-11,17H2,(H,18,20). The second-order valence-electron chi connectivity index (χ2n) is 5.87. The van der Waals surface area contributed by atoms with Gasteiger partial charge in [0.25, 0.3) is 0 Å². The van der Waals surface area contributed by atoms with E-state index in [4.69, 9.17) is 10.5 Å². The molecule has 0 saturated carbocycles. The van der Waals surface area contributed by atoms with Gasteiger partial charge < -0.3 is 15.8 Å². The summed E-state index contributed by atoms with van der Waals surface area (Å²) < 4.78 is 5.72. The smallest absolute Gasteiger partial charge is 0.224 e. The van der Waals surface area contributed by atoms with Crippen molar-refractivity contribution in [3.8, 4) is 5.75 Å². The lowest BCUT2D eigenvalue weighted by Crippen LogP contribution is -2.46. The lowest BCUT2D eigenvalue weighted by Gasteiger charge is -2.35. The van der Waals surface area contributed by atoms with E-state index in [1.807, 2.05) is 24.3 Å². The van der Waals surface area contributed by atoms with Crippen molar-refractivity contribution in [2.75, 3.05) is 32.0 Å². The number of nitrogens with zero attached hydrogens (tertiary/aromatic N) is 1. The highest BCUT2D eigenvalue weighted by atomic mass is 16.5. The number of nitrogen functional groups attached to an aromatic ring is 1. The van der Waals surface area contributed by atoms with Crippen LogP contribution in [0.25, 0.3) is 0 Å². The molecule has 114 valence electrons. The first kappa shape index (κ1) is 14.2. The fourth-order valence-corrected chi connectivity index (χ4v) is 3.34. The van der Waals surface area contributed by atoms with Crippen molar-refractivity contribution in [2.45, 2.75) is 25.3 Å². The van der Waals surface area contributed by atoms with E-state index in [1.165, 1.54) is 0 Å². The highest BCUT2D eigenvalue weighted by molar-refractivity contribution is 5.82. The zero-order chi connectivity index (χ0) is 14.7. The molecule has 2 unspecified atom stereocenters. The molecule has 1 aromatic carbocycles. The molecule has 5 heteroatoms. The summed E-state index contributed by atoms with van der Waals surface area (Å²) in [6, 6.07) is 7.88. The van der Waals surface area contributed by atoms with E-state index in [0.29, 0.717) is 12.6 Å². The minimum Gasteiger partial charge on any atom is -0.494 e. The summed E-state index contributed by atoms with van der Waals surface area (Å²) in [5.74, 6) is 1.30. The first-order valence-electron chi connectivity index (χ1n) is 7.74. The highest BCUT2D eigenvalue weighted by Gasteiger charge is 2.40. The van der Waals surface area contributed by atoms with Crippen molar-refractivity contribution >= 4 is 11.6 Å². The van der Waals surface area contributed by atoms with Crippen LogP contribution in [0.3, 0.4) is 0 Å². The number of nitrogens with two attached hydrogens (primary N) is 1. The molecule has 2 heterocycles. The lowest BCUT2D eigenvalue weighted by molar-refractivity contribution is -0.124. The van der Waals surface area contributed by atoms with Gasteiger partial charge in [-0.1, -0.05) is 0 Å². The summed E-state index contributed by atoms with van der Waals surface area (Å²) >= 11 is 0. The first-order chi connectivity index (χ1) is 10.2. The van der Waals surface area contributed by atoms with Gasteiger partial charge in [0.2, 0.25) is 5.91 Å². The van der Waals surface area contributed by atoms with Gasteiger partial charge in [-0.15, -0.1) is 0 Å². The van der Waals surface area contributed by atoms with E-state index in [9.17, 15) is 4.79 Å². The fraction of sp³-hybridized carbons (Fsp3) is 0.562. The van der Waals surface area contributed by atoms with Crippen molar-refractivity contribution < 1.29 is 9.53 Å². The Morgan fingerprint density at radius 3 is 2.95 bits per heavy atom. The minimum atomic E-state index is 0.205. The number of hydrogen-bond donors (Lipinski definition) is 2. The van der Waals surface area contributed by atoms with Crippen LogP contribution in [0.4, 0.5) is 5.69 Å². The number of fused-ring (bicyclic) bond motifs is 1. The maximum Gasteiger partial charge on any atom is 0.224 e. The van der Waals surface area contributed by atoms with E-state index in [-0.39, 0.29) is 11.8 Å². The van der Waals surface area contributed by atoms with Gasteiger partial charge in [-0.3, -0.25) is 9.69 Å². The summed E-state index contributed by atoms with van der Waals surface area (Å²) in [6.07, 6.45) is 3.13. The average molecular weight is 289 g/mol. The molecule has 2 saturated heterocycles. The molecule has 3 N–H and O–H groups in total. The molecule has 1 amide bonds. The van der Waals surface area contributed by atoms with Gasteiger partial charge in [0.1, 0.15) is 5.75 Å². The molecule has 21 heavy (non-hydrogen) atoms. The van der Waals surface area contributed by atoms with Crippen LogP contribution in [0, 0.1) is 5.92 Å². The predicted molar refractivity (Wildman–Crippen MR) is 82.1 cm³/mol. The lowest BCUT2D eigenvalue weighted by atomic mass is 9.91. The Kier molecular flexibility index (Phi) is 4.29. The Balaban J connectivity index is 1.43. The van der Waals surface area contributed by atoms with Crippen LogP contribution in [0.1, 0.15) is 19.3 Å². The average Bonchev–Trinajstić information content (AvgIpc) is 2.88. The number of anilines is 1. The molecule has 5 nitrogen and oxygen atoms in total. The SMILES string of the molecule is Nc1ccc(OCCCN2CCCC3C(=O)NCC32)cc1. The summed E-state index contributed by atoms with van der Waals surface area (Å²) in [5, 5.41) is 2.99. The molecule has 0 bridgehead atoms. The van der Waals surface area contributed by atoms with Crippen LogP contribution < -0.4 is 15.8 Å². The van der Waals surface area contributed by atoms with Gasteiger partial charge in [0, 0.05) is 24.8 Å². The Bertz CT molecular complexity index is 489. The number of amides is 1. The van der Waals surface area contributed by atoms with Gasteiger partial charge in [-0.05, 0) is 50.1 Å². The number of ether oxygens (including phenoxy) is 1. The van der Waals surface area contributed by atoms with Crippen LogP contribution in [0.15, 0.2) is 24.3 Å². The van der Waals surface area contributed by atoms with Crippen molar-refractivity contribution in [2.24, 2.45) is 5.92 Å². The third kappa shape index (κ3) is 3.29. The maximum absolute atomic E-state index is 11.7. The number of hydrogen-bond acceptors (Lipinski definition) is 4. The van der Waals surface area contributed by atoms with E-state index >= 15 is 0 Å². The van der Waals surface area contributed by atoms with Crippen LogP contribution in [0.2, 0.25) is 0 Å². The summed E-state index contributed by atoms with van der Waals surface area (Å²) in [5.41, 5.74) is 6.39. The Morgan fingerprint density at radius 2 is 2.14 bits per heavy atom. The zero-order valence-electron chi connectivity index (χ0n) is 12.3. The first-order valence-corrected chi connectivity index (χ1v) is 7.74. The molecule has 2 atom stereocenters. The molecule has 2 aliphatic rings. The molecular formula is C16H23N3O2. The molecule has 2 aliphatic heterocycles. The number of rotatable bonds is 5. The van der Waals surface area contributed by atoms with Gasteiger partial charge in [0.05, 0.1) is 12.5 Å². The molecular weight excluding hydrogens is 266 g/mol. The number of carbonyl (C=O) groups excluding carboxylic acids is 1. The Labute approximate surface area is 125 Å². The highest BCUT2D eigenvalue weighted by Crippen LogP contribution is 2.27. The van der Waals surface area contributed by atoms with E-state index in [0.717, 1.165) is 50.3 Å². The Hall–Kier alpha value is -1.75. The number of nitrogens with one attached hydrogen (secondary N) is 1. The second kappa shape index (κ2) is 6.35. The van der Waals surface area contributed by atoms with Crippen LogP contribution in [0.5, 0.6) is 5.75 Å². The predicted octanol–water partition coefficient (Wildman–Crippen LogP) is 1.25. The summed E-state index contributed by atoms with van der Waals surface area (Å²) in [6.45, 7) is 3.59. The topological polar surface area (TPSA) is 67.6 Å². The van der Waals surface area contributed by atoms with E-state index in [2.05, 4.69) is 10.2 Å². The third-order valence-electron chi connectivity index (χ3n) is 4.45. The molecule has 0 aromatic heterocycles. The Morgan fingerprint density at radius 1 is 1.33 bits per heavy atom. The summed E-state index contributed by atoms with van der Waals surface area (Å²) in [7, 11) is 0. The third-order valence-corrected chi connectivity index (χ3v) is 4.45. The molecule has 0 spiro atoms. The molecule has 3 rings (SSSR count). The fourth-order valence-electron chi connectivity index (χ4n) is 3.34. The second-order valence-corrected chi connectivity index (χ2v) is 5.87.